The average Bonchev–Trinajstić information content (AvgIpc) is 3.41. The maximum Gasteiger partial charge on any atom is 0.149 e. The molecule has 2 heterocycles. The Balaban J connectivity index is 0.000000293. The van der Waals surface area contributed by atoms with Crippen LogP contribution >= 0.6 is 11.6 Å². The smallest absolute Gasteiger partial charge is 0.149 e. The average molecular weight is 535 g/mol. The van der Waals surface area contributed by atoms with Crippen molar-refractivity contribution in [1.82, 2.24) is 15.2 Å². The Morgan fingerprint density at radius 3 is 2.39 bits per heavy atom. The predicted octanol–water partition coefficient (Wildman–Crippen LogP) is 9.89. The van der Waals surface area contributed by atoms with Crippen LogP contribution in [0.4, 0.5) is 10.1 Å². The lowest BCUT2D eigenvalue weighted by Crippen LogP contribution is -1.90. The van der Waals surface area contributed by atoms with Crippen LogP contribution in [0.3, 0.4) is 0 Å². The first-order valence-electron chi connectivity index (χ1n) is 12.9. The van der Waals surface area contributed by atoms with E-state index in [9.17, 15) is 4.39 Å². The standard InChI is InChI=1S/C15H18FN.C8H8N2.C7H8ClN.C2H6/c1-5-7-8-11(3)13-9-12(6-2)15(17-4)14(16)10-13;1-6-2-3-7-5-9-10-8(7)4-6;1-2-7-4-3-6(8)5-9-7;1-2/h5,7-10H,4,6H2,1-3H3;2-5H,1H3,(H,9,10);3-5H,2H2,1H3;1-2H3/b7-5-,11-8+;;;. The Labute approximate surface area is 232 Å². The topological polar surface area (TPSA) is 53.9 Å². The van der Waals surface area contributed by atoms with Crippen molar-refractivity contribution < 1.29 is 4.39 Å². The molecule has 0 aliphatic carbocycles. The molecular weight excluding hydrogens is 495 g/mol. The fraction of sp³-hybridized carbons (Fsp3) is 0.281. The van der Waals surface area contributed by atoms with Gasteiger partial charge in [-0.05, 0) is 92.9 Å². The van der Waals surface area contributed by atoms with Crippen LogP contribution in [0.1, 0.15) is 63.9 Å². The molecule has 0 radical (unpaired) electrons. The summed E-state index contributed by atoms with van der Waals surface area (Å²) in [6, 6.07) is 13.5. The van der Waals surface area contributed by atoms with Crippen molar-refractivity contribution in [3.05, 3.63) is 106 Å². The molecule has 0 bridgehead atoms. The molecule has 0 atom stereocenters. The number of rotatable bonds is 5. The van der Waals surface area contributed by atoms with Crippen LogP contribution in [-0.2, 0) is 12.8 Å². The van der Waals surface area contributed by atoms with Gasteiger partial charge in [0.15, 0.2) is 0 Å². The Kier molecular flexibility index (Phi) is 15.2. The highest BCUT2D eigenvalue weighted by Crippen LogP contribution is 2.28. The summed E-state index contributed by atoms with van der Waals surface area (Å²) in [4.78, 5) is 7.81. The van der Waals surface area contributed by atoms with Gasteiger partial charge in [0.05, 0.1) is 16.7 Å². The molecule has 0 saturated carbocycles. The number of halogens is 2. The number of allylic oxidation sites excluding steroid dienone is 4. The molecule has 202 valence electrons. The van der Waals surface area contributed by atoms with E-state index < -0.39 is 0 Å². The third-order valence-corrected chi connectivity index (χ3v) is 5.65. The number of aromatic amines is 1. The van der Waals surface area contributed by atoms with Crippen molar-refractivity contribution in [2.75, 3.05) is 0 Å². The summed E-state index contributed by atoms with van der Waals surface area (Å²) < 4.78 is 13.8. The van der Waals surface area contributed by atoms with Crippen molar-refractivity contribution in [2.45, 2.75) is 61.3 Å². The summed E-state index contributed by atoms with van der Waals surface area (Å²) in [6.45, 7) is 17.4. The molecule has 6 heteroatoms. The summed E-state index contributed by atoms with van der Waals surface area (Å²) in [6.07, 6.45) is 11.1. The molecule has 4 aromatic rings. The maximum absolute atomic E-state index is 13.8. The predicted molar refractivity (Wildman–Crippen MR) is 164 cm³/mol. The molecule has 2 aromatic heterocycles. The molecule has 0 unspecified atom stereocenters. The van der Waals surface area contributed by atoms with Crippen LogP contribution in [0.15, 0.2) is 78.1 Å². The van der Waals surface area contributed by atoms with Crippen LogP contribution in [0, 0.1) is 12.7 Å². The number of H-pyrrole nitrogens is 1. The monoisotopic (exact) mass is 534 g/mol. The number of aromatic nitrogens is 3. The minimum absolute atomic E-state index is 0.303. The van der Waals surface area contributed by atoms with Gasteiger partial charge in [-0.3, -0.25) is 15.1 Å². The van der Waals surface area contributed by atoms with E-state index >= 15 is 0 Å². The summed E-state index contributed by atoms with van der Waals surface area (Å²) in [5, 5.41) is 8.70. The van der Waals surface area contributed by atoms with Crippen molar-refractivity contribution in [1.29, 1.82) is 0 Å². The number of nitrogens with zero attached hydrogens (tertiary/aromatic N) is 3. The normalized spacial score (nSPS) is 10.6. The fourth-order valence-corrected chi connectivity index (χ4v) is 3.45. The highest BCUT2D eigenvalue weighted by atomic mass is 35.5. The minimum Gasteiger partial charge on any atom is -0.278 e. The fourth-order valence-electron chi connectivity index (χ4n) is 3.33. The SMILES string of the molecule is C=Nc1c(F)cc(/C(C)=C/C=C\C)cc1CC.CC.CCc1ccc(Cl)cn1.Cc1ccc2cn[nH]c2c1. The highest BCUT2D eigenvalue weighted by Gasteiger charge is 2.09. The quantitative estimate of drug-likeness (QED) is 0.204. The largest absolute Gasteiger partial charge is 0.278 e. The lowest BCUT2D eigenvalue weighted by Gasteiger charge is -2.08. The first kappa shape index (κ1) is 32.5. The summed E-state index contributed by atoms with van der Waals surface area (Å²) in [7, 11) is 0. The number of aryl methyl sites for hydroxylation is 3. The number of hydrogen-bond acceptors (Lipinski definition) is 3. The maximum atomic E-state index is 13.8. The zero-order chi connectivity index (χ0) is 28.5. The van der Waals surface area contributed by atoms with E-state index in [0.717, 1.165) is 40.8 Å². The van der Waals surface area contributed by atoms with Crippen molar-refractivity contribution in [2.24, 2.45) is 4.99 Å². The van der Waals surface area contributed by atoms with Gasteiger partial charge in [0.25, 0.3) is 0 Å². The molecule has 0 fully saturated rings. The van der Waals surface area contributed by atoms with E-state index in [-0.39, 0.29) is 5.82 Å². The molecule has 0 aliphatic rings. The molecule has 1 N–H and O–H groups in total. The van der Waals surface area contributed by atoms with Gasteiger partial charge in [-0.1, -0.05) is 69.7 Å². The molecule has 0 spiro atoms. The van der Waals surface area contributed by atoms with Gasteiger partial charge >= 0.3 is 0 Å². The second-order valence-corrected chi connectivity index (χ2v) is 8.57. The van der Waals surface area contributed by atoms with Crippen LogP contribution in [0.25, 0.3) is 16.5 Å². The summed E-state index contributed by atoms with van der Waals surface area (Å²) >= 11 is 5.61. The van der Waals surface area contributed by atoms with Crippen molar-refractivity contribution >= 4 is 40.5 Å². The van der Waals surface area contributed by atoms with E-state index in [4.69, 9.17) is 11.6 Å². The van der Waals surface area contributed by atoms with Gasteiger partial charge in [0.1, 0.15) is 11.5 Å². The lowest BCUT2D eigenvalue weighted by atomic mass is 10.0. The van der Waals surface area contributed by atoms with Gasteiger partial charge in [-0.2, -0.15) is 5.10 Å². The van der Waals surface area contributed by atoms with E-state index in [1.807, 2.05) is 77.2 Å². The van der Waals surface area contributed by atoms with Gasteiger partial charge < -0.3 is 0 Å². The number of benzene rings is 2. The van der Waals surface area contributed by atoms with Crippen LogP contribution in [0.2, 0.25) is 5.02 Å². The number of pyridine rings is 1. The van der Waals surface area contributed by atoms with E-state index in [1.54, 1.807) is 6.20 Å². The third-order valence-electron chi connectivity index (χ3n) is 5.42. The van der Waals surface area contributed by atoms with Crippen LogP contribution in [-0.4, -0.2) is 21.9 Å². The zero-order valence-corrected chi connectivity index (χ0v) is 24.4. The second kappa shape index (κ2) is 17.8. The molecule has 4 rings (SSSR count). The summed E-state index contributed by atoms with van der Waals surface area (Å²) in [5.74, 6) is -0.303. The van der Waals surface area contributed by atoms with Gasteiger partial charge in [0, 0.05) is 17.3 Å². The molecule has 0 amide bonds. The van der Waals surface area contributed by atoms with E-state index in [2.05, 4.69) is 58.9 Å². The molecule has 0 saturated heterocycles. The molecule has 0 aliphatic heterocycles. The van der Waals surface area contributed by atoms with Gasteiger partial charge in [0.2, 0.25) is 0 Å². The molecule has 4 nitrogen and oxygen atoms in total. The van der Waals surface area contributed by atoms with E-state index in [0.29, 0.717) is 10.7 Å². The molecular formula is C32H40ClFN4. The first-order valence-corrected chi connectivity index (χ1v) is 13.3. The second-order valence-electron chi connectivity index (χ2n) is 8.13. The van der Waals surface area contributed by atoms with Crippen LogP contribution in [0.5, 0.6) is 0 Å². The third kappa shape index (κ3) is 10.4. The Morgan fingerprint density at radius 2 is 1.82 bits per heavy atom. The van der Waals surface area contributed by atoms with E-state index in [1.165, 1.54) is 17.0 Å². The molecule has 2 aromatic carbocycles. The van der Waals surface area contributed by atoms with Gasteiger partial charge in [-0.25, -0.2) is 4.39 Å². The number of aliphatic imine (C=N–C) groups is 1. The lowest BCUT2D eigenvalue weighted by molar-refractivity contribution is 0.627. The zero-order valence-electron chi connectivity index (χ0n) is 23.6. The summed E-state index contributed by atoms with van der Waals surface area (Å²) in [5.41, 5.74) is 6.65. The Bertz CT molecular complexity index is 1320. The number of hydrogen-bond donors (Lipinski definition) is 1. The Morgan fingerprint density at radius 1 is 1.08 bits per heavy atom. The van der Waals surface area contributed by atoms with Crippen molar-refractivity contribution in [3.63, 3.8) is 0 Å². The first-order chi connectivity index (χ1) is 18.3. The van der Waals surface area contributed by atoms with Crippen molar-refractivity contribution in [3.8, 4) is 0 Å². The Hall–Kier alpha value is -3.57. The van der Waals surface area contributed by atoms with Crippen LogP contribution < -0.4 is 0 Å². The number of nitrogens with one attached hydrogen (secondary N) is 1. The molecule has 38 heavy (non-hydrogen) atoms. The highest BCUT2D eigenvalue weighted by molar-refractivity contribution is 6.30. The number of fused-ring (bicyclic) bond motifs is 1. The minimum atomic E-state index is -0.303. The van der Waals surface area contributed by atoms with Gasteiger partial charge in [-0.15, -0.1) is 0 Å².